The van der Waals surface area contributed by atoms with E-state index >= 15 is 0 Å². The van der Waals surface area contributed by atoms with Crippen molar-refractivity contribution in [2.75, 3.05) is 0 Å². The van der Waals surface area contributed by atoms with Gasteiger partial charge in [0, 0.05) is 57.4 Å². The van der Waals surface area contributed by atoms with Crippen LogP contribution >= 0.6 is 31.9 Å². The fourth-order valence-corrected chi connectivity index (χ4v) is 14.7. The van der Waals surface area contributed by atoms with E-state index in [-0.39, 0.29) is 7.43 Å². The lowest BCUT2D eigenvalue weighted by Crippen LogP contribution is -2.29. The van der Waals surface area contributed by atoms with Crippen molar-refractivity contribution in [1.82, 2.24) is 0 Å². The molecule has 458 valence electrons. The van der Waals surface area contributed by atoms with Crippen LogP contribution in [0.25, 0.3) is 187 Å². The molecule has 0 saturated carbocycles. The maximum Gasteiger partial charge on any atom is 0.488 e. The summed E-state index contributed by atoms with van der Waals surface area (Å²) in [6.07, 6.45) is 0. The Hall–Kier alpha value is -11.2. The van der Waals surface area contributed by atoms with E-state index in [9.17, 15) is 10.0 Å². The number of hydrogen-bond acceptors (Lipinski definition) is 8. The standard InChI is InChI=1S/C54H30O4.C24H15BO4.C6H4Br2.CH4/c1-3-8-31(9-4-1)35-14-20-45-41(27-35)39-18-24-49-51(53(39)57-45)43-29-37(16-22-47(43)55-49)33-12-7-13-34(26-33)38-17-23-48-44(30-38)52-50(56-48)25-19-40-42-28-36(32-10-5-2-6-11-32)15-21-46(42)58-54(40)52;26-25(27)16-7-10-21-19(13-16)23-22(28-21)11-8-17-18-12-15(14-4-2-1-3-5-14)6-9-20(18)29-24(17)23;7-5-2-1-3-6(8)4-5;/h1-30H;1-13,26-27H;1-4H;1H4. The molecule has 2 N–H and O–H groups in total. The van der Waals surface area contributed by atoms with Crippen LogP contribution in [0.1, 0.15) is 7.43 Å². The molecule has 8 nitrogen and oxygen atoms in total. The molecule has 0 fully saturated rings. The van der Waals surface area contributed by atoms with Gasteiger partial charge in [-0.15, -0.1) is 0 Å². The Morgan fingerprint density at radius 1 is 0.219 bits per heavy atom. The fourth-order valence-electron chi connectivity index (χ4n) is 13.6. The number of rotatable bonds is 6. The monoisotopic (exact) mass is 1370 g/mol. The molecule has 0 amide bonds. The van der Waals surface area contributed by atoms with Crippen LogP contribution < -0.4 is 5.46 Å². The summed E-state index contributed by atoms with van der Waals surface area (Å²) >= 11 is 6.66. The molecule has 0 radical (unpaired) electrons. The van der Waals surface area contributed by atoms with Gasteiger partial charge in [0.05, 0.1) is 16.2 Å². The van der Waals surface area contributed by atoms with Gasteiger partial charge in [-0.2, -0.15) is 0 Å². The zero-order chi connectivity index (χ0) is 63.4. The molecule has 0 bridgehead atoms. The Kier molecular flexibility index (Phi) is 14.5. The molecule has 96 heavy (non-hydrogen) atoms. The Labute approximate surface area is 565 Å². The van der Waals surface area contributed by atoms with Crippen molar-refractivity contribution < 1.29 is 36.6 Å². The molecule has 6 aromatic heterocycles. The lowest BCUT2D eigenvalue weighted by molar-refractivity contribution is 0.426. The predicted octanol–water partition coefficient (Wildman–Crippen LogP) is 24.6. The number of fused-ring (bicyclic) bond motifs is 21. The summed E-state index contributed by atoms with van der Waals surface area (Å²) in [7, 11) is -1.53. The van der Waals surface area contributed by atoms with Crippen molar-refractivity contribution in [3.8, 4) is 55.6 Å². The summed E-state index contributed by atoms with van der Waals surface area (Å²) in [6, 6.07) is 97.3. The average molecular weight is 1370 g/mol. The molecule has 0 spiro atoms. The van der Waals surface area contributed by atoms with Gasteiger partial charge in [-0.05, 0) is 188 Å². The Balaban J connectivity index is 0.000000152. The van der Waals surface area contributed by atoms with E-state index in [1.807, 2.05) is 72.8 Å². The van der Waals surface area contributed by atoms with Gasteiger partial charge in [0.1, 0.15) is 67.0 Å². The van der Waals surface area contributed by atoms with E-state index in [1.54, 1.807) is 18.2 Å². The first-order valence-corrected chi connectivity index (χ1v) is 32.8. The zero-order valence-corrected chi connectivity index (χ0v) is 53.5. The molecule has 0 aliphatic heterocycles. The van der Waals surface area contributed by atoms with Gasteiger partial charge in [-0.25, -0.2) is 0 Å². The topological polar surface area (TPSA) is 119 Å². The summed E-state index contributed by atoms with van der Waals surface area (Å²) < 4.78 is 40.4. The SMILES string of the molecule is Brc1cccc(Br)c1.C.OB(O)c1ccc2oc3ccc4c5cc(-c6ccccc6)ccc5oc4c3c2c1.c1ccc(-c2ccc3oc4c(ccc5oc6ccc(-c7cccc(-c8ccc9oc%10ccc%11c%12cc(-c%13ccccc%13)ccc%12oc%11c%10c9c8)c7)cc6c54)c3c2)cc1. The van der Waals surface area contributed by atoms with Crippen LogP contribution in [0.4, 0.5) is 0 Å². The van der Waals surface area contributed by atoms with Crippen molar-refractivity contribution in [2.45, 2.75) is 7.43 Å². The van der Waals surface area contributed by atoms with E-state index in [2.05, 4.69) is 226 Å². The van der Waals surface area contributed by atoms with Gasteiger partial charge < -0.3 is 36.6 Å². The lowest BCUT2D eigenvalue weighted by Gasteiger charge is -2.07. The first-order valence-electron chi connectivity index (χ1n) is 31.2. The van der Waals surface area contributed by atoms with Gasteiger partial charge in [-0.1, -0.05) is 197 Å². The smallest absolute Gasteiger partial charge is 0.456 e. The number of benzene rings is 14. The van der Waals surface area contributed by atoms with Crippen molar-refractivity contribution in [3.05, 3.63) is 294 Å². The molecule has 0 aliphatic rings. The van der Waals surface area contributed by atoms with E-state index in [0.29, 0.717) is 16.6 Å². The summed E-state index contributed by atoms with van der Waals surface area (Å²) in [6.45, 7) is 0. The Bertz CT molecular complexity index is 6150. The van der Waals surface area contributed by atoms with E-state index in [1.165, 1.54) is 11.1 Å². The van der Waals surface area contributed by atoms with Crippen molar-refractivity contribution in [1.29, 1.82) is 0 Å². The highest BCUT2D eigenvalue weighted by molar-refractivity contribution is 9.11. The Morgan fingerprint density at radius 3 is 0.844 bits per heavy atom. The highest BCUT2D eigenvalue weighted by Gasteiger charge is 2.22. The lowest BCUT2D eigenvalue weighted by atomic mass is 9.80. The molecule has 0 aliphatic carbocycles. The van der Waals surface area contributed by atoms with Crippen LogP contribution in [0.2, 0.25) is 0 Å². The van der Waals surface area contributed by atoms with E-state index in [4.69, 9.17) is 26.5 Å². The van der Waals surface area contributed by atoms with Gasteiger partial charge in [0.25, 0.3) is 0 Å². The molecule has 0 saturated heterocycles. The summed E-state index contributed by atoms with van der Waals surface area (Å²) in [5.74, 6) is 0. The number of halogens is 2. The van der Waals surface area contributed by atoms with Crippen molar-refractivity contribution in [3.63, 3.8) is 0 Å². The summed E-state index contributed by atoms with van der Waals surface area (Å²) in [5, 5.41) is 31.2. The Morgan fingerprint density at radius 2 is 0.500 bits per heavy atom. The minimum atomic E-state index is -1.53. The van der Waals surface area contributed by atoms with Gasteiger partial charge in [0.2, 0.25) is 0 Å². The molecule has 6 heterocycles. The van der Waals surface area contributed by atoms with Crippen LogP contribution in [0.3, 0.4) is 0 Å². The molecule has 20 rings (SSSR count). The van der Waals surface area contributed by atoms with Gasteiger partial charge in [-0.3, -0.25) is 0 Å². The maximum atomic E-state index is 9.56. The number of furan rings is 6. The van der Waals surface area contributed by atoms with Crippen molar-refractivity contribution in [2.24, 2.45) is 0 Å². The van der Waals surface area contributed by atoms with Crippen molar-refractivity contribution >= 4 is 176 Å². The molecule has 14 aromatic carbocycles. The summed E-state index contributed by atoms with van der Waals surface area (Å²) in [5.41, 5.74) is 21.5. The second kappa shape index (κ2) is 23.7. The molecule has 0 unspecified atom stereocenters. The fraction of sp³-hybridized carbons (Fsp3) is 0.0118. The summed E-state index contributed by atoms with van der Waals surface area (Å²) in [4.78, 5) is 0. The zero-order valence-electron chi connectivity index (χ0n) is 50.3. The van der Waals surface area contributed by atoms with E-state index < -0.39 is 7.12 Å². The normalized spacial score (nSPS) is 11.7. The largest absolute Gasteiger partial charge is 0.488 e. The second-order valence-corrected chi connectivity index (χ2v) is 25.7. The highest BCUT2D eigenvalue weighted by Crippen LogP contribution is 2.45. The predicted molar refractivity (Wildman–Crippen MR) is 402 cm³/mol. The first-order chi connectivity index (χ1) is 46.7. The second-order valence-electron chi connectivity index (χ2n) is 23.9. The molecular weight excluding hydrogens is 1320 g/mol. The first kappa shape index (κ1) is 58.6. The van der Waals surface area contributed by atoms with Crippen LogP contribution in [0, 0.1) is 0 Å². The molecule has 11 heteroatoms. The quantitative estimate of drug-likeness (QED) is 0.158. The van der Waals surface area contributed by atoms with Gasteiger partial charge >= 0.3 is 7.12 Å². The van der Waals surface area contributed by atoms with Crippen LogP contribution in [-0.2, 0) is 0 Å². The average Bonchev–Trinajstić information content (AvgIpc) is 1.59. The van der Waals surface area contributed by atoms with E-state index in [0.717, 1.165) is 174 Å². The number of hydrogen-bond donors (Lipinski definition) is 2. The minimum absolute atomic E-state index is 0. The van der Waals surface area contributed by atoms with Crippen LogP contribution in [0.5, 0.6) is 0 Å². The molecule has 0 atom stereocenters. The third-order valence-electron chi connectivity index (χ3n) is 18.2. The molecule has 20 aromatic rings. The van der Waals surface area contributed by atoms with Gasteiger partial charge in [0.15, 0.2) is 0 Å². The highest BCUT2D eigenvalue weighted by atomic mass is 79.9. The third-order valence-corrected chi connectivity index (χ3v) is 19.2. The third kappa shape index (κ3) is 10.1. The maximum absolute atomic E-state index is 9.56. The minimum Gasteiger partial charge on any atom is -0.456 e. The van der Waals surface area contributed by atoms with Crippen LogP contribution in [-0.4, -0.2) is 17.2 Å². The molecular formula is C85H53BBr2O8. The van der Waals surface area contributed by atoms with Crippen LogP contribution in [0.15, 0.2) is 321 Å².